The molecule has 0 atom stereocenters. The molecule has 386 valence electrons. The molecule has 0 fully saturated rings. The molecule has 75 heavy (non-hydrogen) atoms. The number of hydrogen-bond donors (Lipinski definition) is 0. The van der Waals surface area contributed by atoms with Gasteiger partial charge in [-0.15, -0.1) is 0 Å². The Morgan fingerprint density at radius 2 is 0.933 bits per heavy atom. The van der Waals surface area contributed by atoms with Crippen LogP contribution in [0.3, 0.4) is 0 Å². The van der Waals surface area contributed by atoms with Gasteiger partial charge in [0.1, 0.15) is 0 Å². The van der Waals surface area contributed by atoms with Crippen LogP contribution in [0.4, 0.5) is 34.1 Å². The predicted molar refractivity (Wildman–Crippen MR) is 327 cm³/mol. The number of benzene rings is 7. The normalized spacial score (nSPS) is 18.0. The minimum atomic E-state index is -0.250. The number of nitrogens with zero attached hydrogens (tertiary/aromatic N) is 2. The van der Waals surface area contributed by atoms with Crippen LogP contribution in [0.2, 0.25) is 0 Å². The molecule has 2 heterocycles. The van der Waals surface area contributed by atoms with Crippen LogP contribution in [-0.4, -0.2) is 6.71 Å². The molecule has 4 aliphatic rings. The second-order valence-corrected chi connectivity index (χ2v) is 29.0. The van der Waals surface area contributed by atoms with Crippen LogP contribution in [0.1, 0.15) is 206 Å². The van der Waals surface area contributed by atoms with Crippen LogP contribution >= 0.6 is 0 Å². The van der Waals surface area contributed by atoms with E-state index in [1.165, 1.54) is 137 Å². The first-order chi connectivity index (χ1) is 35.0. The monoisotopic (exact) mass is 989 g/mol. The Bertz CT molecular complexity index is 3400. The summed E-state index contributed by atoms with van der Waals surface area (Å²) in [5.74, 6) is 0.291. The zero-order valence-electron chi connectivity index (χ0n) is 49.1. The van der Waals surface area contributed by atoms with Gasteiger partial charge in [-0.25, -0.2) is 0 Å². The molecule has 0 saturated heterocycles. The highest BCUT2D eigenvalue weighted by Gasteiger charge is 2.48. The van der Waals surface area contributed by atoms with Gasteiger partial charge in [0, 0.05) is 39.4 Å². The zero-order valence-corrected chi connectivity index (χ0v) is 49.1. The van der Waals surface area contributed by atoms with Crippen molar-refractivity contribution in [2.45, 2.75) is 194 Å². The average Bonchev–Trinajstić information content (AvgIpc) is 3.35. The predicted octanol–water partition coefficient (Wildman–Crippen LogP) is 18.2. The summed E-state index contributed by atoms with van der Waals surface area (Å²) in [5.41, 5.74) is 27.0. The van der Waals surface area contributed by atoms with Crippen LogP contribution in [0, 0.1) is 0 Å². The van der Waals surface area contributed by atoms with Gasteiger partial charge in [0.25, 0.3) is 6.71 Å². The SMILES string of the molecule is CC(C)c1cc2c3c(c1)N(c1ccc(C(C)(C)C)cc1-c1ccc(C(C)(C)C)cc1)c1cc(C(C)(C)c4ccccc4)ccc1B3c1cc3c(cc1N2c1ccc2c(c1)C(C)(C)CCC2(C)C)C(C)(C)CCC3(C)C. The lowest BCUT2D eigenvalue weighted by atomic mass is 9.33. The van der Waals surface area contributed by atoms with E-state index in [1.807, 2.05) is 0 Å². The fraction of sp³-hybridized carbons (Fsp3) is 0.417. The third-order valence-corrected chi connectivity index (χ3v) is 19.2. The molecule has 0 bridgehead atoms. The zero-order chi connectivity index (χ0) is 53.7. The maximum absolute atomic E-state index is 2.73. The molecule has 11 rings (SSSR count). The number of fused-ring (bicyclic) bond motifs is 6. The quantitative estimate of drug-likeness (QED) is 0.153. The highest BCUT2D eigenvalue weighted by molar-refractivity contribution is 7.00. The summed E-state index contributed by atoms with van der Waals surface area (Å²) in [6.07, 6.45) is 4.71. The molecule has 2 aliphatic carbocycles. The van der Waals surface area contributed by atoms with E-state index in [0.717, 1.165) is 0 Å². The Morgan fingerprint density at radius 1 is 0.413 bits per heavy atom. The molecular formula is C72H85BN2. The van der Waals surface area contributed by atoms with Crippen molar-refractivity contribution in [3.8, 4) is 11.1 Å². The Balaban J connectivity index is 1.28. The highest BCUT2D eigenvalue weighted by Crippen LogP contribution is 2.54. The third-order valence-electron chi connectivity index (χ3n) is 19.2. The maximum Gasteiger partial charge on any atom is 0.252 e. The molecule has 0 amide bonds. The van der Waals surface area contributed by atoms with Crippen LogP contribution < -0.4 is 26.2 Å². The van der Waals surface area contributed by atoms with Crippen molar-refractivity contribution in [3.63, 3.8) is 0 Å². The van der Waals surface area contributed by atoms with E-state index in [-0.39, 0.29) is 44.6 Å². The van der Waals surface area contributed by atoms with E-state index in [0.29, 0.717) is 5.92 Å². The van der Waals surface area contributed by atoms with E-state index in [1.54, 1.807) is 0 Å². The van der Waals surface area contributed by atoms with Gasteiger partial charge in [-0.2, -0.15) is 0 Å². The number of rotatable bonds is 6. The minimum Gasteiger partial charge on any atom is -0.311 e. The third kappa shape index (κ3) is 8.35. The topological polar surface area (TPSA) is 6.48 Å². The largest absolute Gasteiger partial charge is 0.311 e. The lowest BCUT2D eigenvalue weighted by molar-refractivity contribution is 0.332. The average molecular weight is 989 g/mol. The van der Waals surface area contributed by atoms with Gasteiger partial charge >= 0.3 is 0 Å². The summed E-state index contributed by atoms with van der Waals surface area (Å²) in [6.45, 7) is 43.5. The van der Waals surface area contributed by atoms with Crippen molar-refractivity contribution in [2.24, 2.45) is 0 Å². The standard InChI is InChI=1S/C72H85BN2/c1-45(2)47-38-63-65-64(39-47)75(60-33-29-50(67(6,7)8)40-53(60)46-24-26-48(27-25-46)66(3,4)5)61-41-51(72(17,18)49-22-20-19-21-23-49)28-32-58(61)73(65)59-43-56-57(71(15,16)37-36-70(56,13)14)44-62(59)74(63)52-30-31-54-55(42-52)69(11,12)35-34-68(54,9)10/h19-33,38-45H,34-37H2,1-18H3. The second kappa shape index (κ2) is 17.1. The van der Waals surface area contributed by atoms with Gasteiger partial charge < -0.3 is 9.80 Å². The van der Waals surface area contributed by atoms with Crippen molar-refractivity contribution in [1.29, 1.82) is 0 Å². The Hall–Kier alpha value is -5.80. The second-order valence-electron chi connectivity index (χ2n) is 29.0. The van der Waals surface area contributed by atoms with Crippen LogP contribution in [0.15, 0.2) is 133 Å². The van der Waals surface area contributed by atoms with Crippen LogP contribution in [0.5, 0.6) is 0 Å². The van der Waals surface area contributed by atoms with Gasteiger partial charge in [-0.3, -0.25) is 0 Å². The van der Waals surface area contributed by atoms with E-state index in [4.69, 9.17) is 0 Å². The number of hydrogen-bond acceptors (Lipinski definition) is 2. The summed E-state index contributed by atoms with van der Waals surface area (Å²) in [6, 6.07) is 53.8. The summed E-state index contributed by atoms with van der Waals surface area (Å²) < 4.78 is 0. The molecule has 0 saturated carbocycles. The summed E-state index contributed by atoms with van der Waals surface area (Å²) in [5, 5.41) is 0. The Kier molecular flexibility index (Phi) is 11.7. The van der Waals surface area contributed by atoms with Gasteiger partial charge in [-0.1, -0.05) is 210 Å². The molecule has 0 radical (unpaired) electrons. The molecule has 0 unspecified atom stereocenters. The van der Waals surface area contributed by atoms with Gasteiger partial charge in [-0.05, 0) is 185 Å². The Morgan fingerprint density at radius 3 is 1.52 bits per heavy atom. The summed E-state index contributed by atoms with van der Waals surface area (Å²) in [4.78, 5) is 5.45. The molecule has 7 aromatic rings. The van der Waals surface area contributed by atoms with E-state index in [2.05, 4.69) is 268 Å². The first-order valence-electron chi connectivity index (χ1n) is 28.6. The lowest BCUT2D eigenvalue weighted by Gasteiger charge is -2.48. The molecule has 2 aliphatic heterocycles. The summed E-state index contributed by atoms with van der Waals surface area (Å²) in [7, 11) is 0. The smallest absolute Gasteiger partial charge is 0.252 e. The Labute approximate surface area is 453 Å². The van der Waals surface area contributed by atoms with Crippen LogP contribution in [-0.2, 0) is 37.9 Å². The first kappa shape index (κ1) is 51.3. The fourth-order valence-corrected chi connectivity index (χ4v) is 13.6. The fourth-order valence-electron chi connectivity index (χ4n) is 13.6. The lowest BCUT2D eigenvalue weighted by Crippen LogP contribution is -2.62. The van der Waals surface area contributed by atoms with Crippen molar-refractivity contribution in [1.82, 2.24) is 0 Å². The van der Waals surface area contributed by atoms with Gasteiger partial charge in [0.15, 0.2) is 0 Å². The van der Waals surface area contributed by atoms with E-state index in [9.17, 15) is 0 Å². The molecule has 0 N–H and O–H groups in total. The maximum atomic E-state index is 2.73. The molecule has 0 spiro atoms. The molecular weight excluding hydrogens is 904 g/mol. The molecule has 0 aromatic heterocycles. The van der Waals surface area contributed by atoms with E-state index >= 15 is 0 Å². The number of anilines is 6. The molecule has 3 heteroatoms. The van der Waals surface area contributed by atoms with Crippen molar-refractivity contribution >= 4 is 57.2 Å². The minimum absolute atomic E-state index is 0.00473. The van der Waals surface area contributed by atoms with Crippen molar-refractivity contribution in [2.75, 3.05) is 9.80 Å². The van der Waals surface area contributed by atoms with E-state index < -0.39 is 0 Å². The van der Waals surface area contributed by atoms with Crippen molar-refractivity contribution < 1.29 is 0 Å². The highest BCUT2D eigenvalue weighted by atomic mass is 15.2. The molecule has 7 aromatic carbocycles. The summed E-state index contributed by atoms with van der Waals surface area (Å²) >= 11 is 0. The van der Waals surface area contributed by atoms with Gasteiger partial charge in [0.05, 0.1) is 5.69 Å². The van der Waals surface area contributed by atoms with Gasteiger partial charge in [0.2, 0.25) is 0 Å². The van der Waals surface area contributed by atoms with Crippen LogP contribution in [0.25, 0.3) is 11.1 Å². The first-order valence-corrected chi connectivity index (χ1v) is 28.6. The van der Waals surface area contributed by atoms with Crippen molar-refractivity contribution in [3.05, 3.63) is 184 Å². The molecule has 2 nitrogen and oxygen atoms in total.